The molecule has 0 aromatic heterocycles. The highest BCUT2D eigenvalue weighted by Crippen LogP contribution is 2.13. The maximum atomic E-state index is 12.2. The number of nitrogens with one attached hydrogen (secondary N) is 1. The molecule has 0 radical (unpaired) electrons. The quantitative estimate of drug-likeness (QED) is 0.745. The molecule has 0 heterocycles. The second-order valence-corrected chi connectivity index (χ2v) is 6.20. The Labute approximate surface area is 120 Å². The van der Waals surface area contributed by atoms with Gasteiger partial charge in [0.15, 0.2) is 5.78 Å². The number of benzene rings is 1. The van der Waals surface area contributed by atoms with Crippen LogP contribution < -0.4 is 4.72 Å². The first-order chi connectivity index (χ1) is 9.40. The molecule has 0 spiro atoms. The molecular formula is C14H21NO4S. The van der Waals surface area contributed by atoms with Gasteiger partial charge in [-0.3, -0.25) is 4.79 Å². The number of hydrogen-bond donors (Lipinski definition) is 1. The molecule has 6 heteroatoms. The fraction of sp³-hybridized carbons (Fsp3) is 0.500. The van der Waals surface area contributed by atoms with Crippen LogP contribution in [0.2, 0.25) is 0 Å². The van der Waals surface area contributed by atoms with Crippen molar-refractivity contribution < 1.29 is 17.9 Å². The van der Waals surface area contributed by atoms with Crippen LogP contribution >= 0.6 is 0 Å². The molecule has 0 saturated heterocycles. The summed E-state index contributed by atoms with van der Waals surface area (Å²) in [6.45, 7) is 6.16. The van der Waals surface area contributed by atoms with Gasteiger partial charge in [0.2, 0.25) is 10.0 Å². The van der Waals surface area contributed by atoms with E-state index in [-0.39, 0.29) is 16.7 Å². The standard InChI is InChI=1S/C14H21NO4S/c1-4-14(16)12-7-6-8-13(9-12)20(17,18)15-11(3)10-19-5-2/h6-9,11,15H,4-5,10H2,1-3H3. The van der Waals surface area contributed by atoms with E-state index in [0.717, 1.165) is 0 Å². The summed E-state index contributed by atoms with van der Waals surface area (Å²) in [5.41, 5.74) is 0.410. The van der Waals surface area contributed by atoms with Crippen LogP contribution in [0.15, 0.2) is 29.2 Å². The molecule has 1 rings (SSSR count). The van der Waals surface area contributed by atoms with Crippen LogP contribution in [0.4, 0.5) is 0 Å². The van der Waals surface area contributed by atoms with Crippen LogP contribution in [0, 0.1) is 0 Å². The number of sulfonamides is 1. The zero-order chi connectivity index (χ0) is 15.2. The van der Waals surface area contributed by atoms with Crippen molar-refractivity contribution in [1.29, 1.82) is 0 Å². The molecule has 0 amide bonds. The van der Waals surface area contributed by atoms with E-state index in [0.29, 0.717) is 25.2 Å². The Morgan fingerprint density at radius 3 is 2.65 bits per heavy atom. The normalized spacial score (nSPS) is 13.2. The molecule has 0 aliphatic heterocycles. The number of ketones is 1. The van der Waals surface area contributed by atoms with Crippen LogP contribution in [0.3, 0.4) is 0 Å². The van der Waals surface area contributed by atoms with E-state index in [1.807, 2.05) is 6.92 Å². The molecule has 0 bridgehead atoms. The van der Waals surface area contributed by atoms with E-state index in [1.54, 1.807) is 26.0 Å². The van der Waals surface area contributed by atoms with Crippen molar-refractivity contribution in [2.75, 3.05) is 13.2 Å². The zero-order valence-corrected chi connectivity index (χ0v) is 12.9. The minimum absolute atomic E-state index is 0.0792. The molecule has 1 unspecified atom stereocenters. The monoisotopic (exact) mass is 299 g/mol. The van der Waals surface area contributed by atoms with Gasteiger partial charge in [-0.15, -0.1) is 0 Å². The average molecular weight is 299 g/mol. The molecule has 1 atom stereocenters. The fourth-order valence-corrected chi connectivity index (χ4v) is 2.98. The number of Topliss-reactive ketones (excluding diaryl/α,β-unsaturated/α-hetero) is 1. The van der Waals surface area contributed by atoms with Gasteiger partial charge < -0.3 is 4.74 Å². The Hall–Kier alpha value is -1.24. The summed E-state index contributed by atoms with van der Waals surface area (Å²) in [5.74, 6) is -0.0792. The molecule has 0 aliphatic rings. The predicted octanol–water partition coefficient (Wildman–Crippen LogP) is 1.98. The van der Waals surface area contributed by atoms with Crippen molar-refractivity contribution in [1.82, 2.24) is 4.72 Å². The number of hydrogen-bond acceptors (Lipinski definition) is 4. The third kappa shape index (κ3) is 4.70. The smallest absolute Gasteiger partial charge is 0.240 e. The molecule has 1 aromatic rings. The van der Waals surface area contributed by atoms with Gasteiger partial charge in [0.05, 0.1) is 11.5 Å². The number of carbonyl (C=O) groups excluding carboxylic acids is 1. The summed E-state index contributed by atoms with van der Waals surface area (Å²) >= 11 is 0. The van der Waals surface area contributed by atoms with Gasteiger partial charge in [-0.25, -0.2) is 13.1 Å². The van der Waals surface area contributed by atoms with Crippen LogP contribution in [0.1, 0.15) is 37.6 Å². The van der Waals surface area contributed by atoms with Gasteiger partial charge in [-0.2, -0.15) is 0 Å². The third-order valence-corrected chi connectivity index (χ3v) is 4.30. The van der Waals surface area contributed by atoms with Gasteiger partial charge in [0.25, 0.3) is 0 Å². The Morgan fingerprint density at radius 2 is 2.05 bits per heavy atom. The summed E-state index contributed by atoms with van der Waals surface area (Å²) in [4.78, 5) is 11.7. The Balaban J connectivity index is 2.90. The topological polar surface area (TPSA) is 72.5 Å². The van der Waals surface area contributed by atoms with Crippen molar-refractivity contribution in [3.05, 3.63) is 29.8 Å². The molecule has 5 nitrogen and oxygen atoms in total. The van der Waals surface area contributed by atoms with Crippen molar-refractivity contribution >= 4 is 15.8 Å². The number of carbonyl (C=O) groups is 1. The minimum atomic E-state index is -3.64. The highest BCUT2D eigenvalue weighted by atomic mass is 32.2. The molecule has 20 heavy (non-hydrogen) atoms. The SMILES string of the molecule is CCOCC(C)NS(=O)(=O)c1cccc(C(=O)CC)c1. The van der Waals surface area contributed by atoms with E-state index in [1.165, 1.54) is 12.1 Å². The van der Waals surface area contributed by atoms with E-state index in [2.05, 4.69) is 4.72 Å². The lowest BCUT2D eigenvalue weighted by Crippen LogP contribution is -2.35. The van der Waals surface area contributed by atoms with Gasteiger partial charge in [-0.1, -0.05) is 19.1 Å². The van der Waals surface area contributed by atoms with Crippen LogP contribution in [0.25, 0.3) is 0 Å². The van der Waals surface area contributed by atoms with E-state index >= 15 is 0 Å². The Bertz CT molecular complexity index is 554. The molecule has 0 aliphatic carbocycles. The average Bonchev–Trinajstić information content (AvgIpc) is 2.44. The maximum Gasteiger partial charge on any atom is 0.240 e. The van der Waals surface area contributed by atoms with Crippen molar-refractivity contribution in [2.24, 2.45) is 0 Å². The van der Waals surface area contributed by atoms with Crippen LogP contribution in [0.5, 0.6) is 0 Å². The van der Waals surface area contributed by atoms with Crippen LogP contribution in [-0.2, 0) is 14.8 Å². The second-order valence-electron chi connectivity index (χ2n) is 4.49. The number of ether oxygens (including phenoxy) is 1. The molecule has 0 fully saturated rings. The third-order valence-electron chi connectivity index (χ3n) is 2.72. The lowest BCUT2D eigenvalue weighted by Gasteiger charge is -2.14. The first-order valence-electron chi connectivity index (χ1n) is 6.64. The van der Waals surface area contributed by atoms with Gasteiger partial charge in [0, 0.05) is 24.6 Å². The molecule has 112 valence electrons. The lowest BCUT2D eigenvalue weighted by molar-refractivity contribution is 0.0988. The summed E-state index contributed by atoms with van der Waals surface area (Å²) < 4.78 is 32.1. The Morgan fingerprint density at radius 1 is 1.35 bits per heavy atom. The van der Waals surface area contributed by atoms with Gasteiger partial charge in [-0.05, 0) is 26.0 Å². The summed E-state index contributed by atoms with van der Waals surface area (Å²) in [7, 11) is -3.64. The summed E-state index contributed by atoms with van der Waals surface area (Å²) in [6.07, 6.45) is 0.345. The van der Waals surface area contributed by atoms with E-state index in [9.17, 15) is 13.2 Å². The molecule has 1 aromatic carbocycles. The predicted molar refractivity (Wildman–Crippen MR) is 77.3 cm³/mol. The summed E-state index contributed by atoms with van der Waals surface area (Å²) in [6, 6.07) is 5.74. The van der Waals surface area contributed by atoms with Crippen molar-refractivity contribution in [3.63, 3.8) is 0 Å². The molecule has 1 N–H and O–H groups in total. The molecular weight excluding hydrogens is 278 g/mol. The van der Waals surface area contributed by atoms with Gasteiger partial charge in [0.1, 0.15) is 0 Å². The van der Waals surface area contributed by atoms with E-state index < -0.39 is 10.0 Å². The van der Waals surface area contributed by atoms with Crippen LogP contribution in [-0.4, -0.2) is 33.5 Å². The van der Waals surface area contributed by atoms with Crippen molar-refractivity contribution in [2.45, 2.75) is 38.1 Å². The first-order valence-corrected chi connectivity index (χ1v) is 8.12. The number of rotatable bonds is 8. The Kier molecular flexibility index (Phi) is 6.32. The summed E-state index contributed by atoms with van der Waals surface area (Å²) in [5, 5.41) is 0. The van der Waals surface area contributed by atoms with Crippen molar-refractivity contribution in [3.8, 4) is 0 Å². The largest absolute Gasteiger partial charge is 0.380 e. The highest BCUT2D eigenvalue weighted by Gasteiger charge is 2.18. The van der Waals surface area contributed by atoms with Gasteiger partial charge >= 0.3 is 0 Å². The second kappa shape index (κ2) is 7.52. The molecule has 0 saturated carbocycles. The first kappa shape index (κ1) is 16.8. The van der Waals surface area contributed by atoms with E-state index in [4.69, 9.17) is 4.74 Å². The fourth-order valence-electron chi connectivity index (χ4n) is 1.70. The zero-order valence-electron chi connectivity index (χ0n) is 12.0. The minimum Gasteiger partial charge on any atom is -0.380 e. The highest BCUT2D eigenvalue weighted by molar-refractivity contribution is 7.89. The lowest BCUT2D eigenvalue weighted by atomic mass is 10.1. The maximum absolute atomic E-state index is 12.2.